The van der Waals surface area contributed by atoms with Gasteiger partial charge in [0.25, 0.3) is 0 Å². The quantitative estimate of drug-likeness (QED) is 0.743. The van der Waals surface area contributed by atoms with Gasteiger partial charge in [-0.05, 0) is 17.7 Å². The summed E-state index contributed by atoms with van der Waals surface area (Å²) in [6, 6.07) is 4.30. The number of carboxylic acids is 1. The summed E-state index contributed by atoms with van der Waals surface area (Å²) in [4.78, 5) is 22.6. The van der Waals surface area contributed by atoms with Gasteiger partial charge in [-0.25, -0.2) is 0 Å². The molecule has 1 rings (SSSR count). The highest BCUT2D eigenvalue weighted by molar-refractivity contribution is 5.78. The first kappa shape index (κ1) is 16.8. The summed E-state index contributed by atoms with van der Waals surface area (Å²) in [6.45, 7) is -0.136. The van der Waals surface area contributed by atoms with E-state index in [2.05, 4.69) is 5.32 Å². The van der Waals surface area contributed by atoms with Crippen LogP contribution in [0.2, 0.25) is 0 Å². The van der Waals surface area contributed by atoms with E-state index in [1.54, 1.807) is 18.2 Å². The Hall–Kier alpha value is -2.28. The molecule has 1 aromatic rings. The minimum atomic E-state index is -1.02. The van der Waals surface area contributed by atoms with Crippen LogP contribution in [0.3, 0.4) is 0 Å². The van der Waals surface area contributed by atoms with Gasteiger partial charge in [0.1, 0.15) is 6.61 Å². The van der Waals surface area contributed by atoms with Crippen molar-refractivity contribution in [2.75, 3.05) is 27.9 Å². The molecule has 0 radical (unpaired) electrons. The lowest BCUT2D eigenvalue weighted by Gasteiger charge is -2.19. The first-order chi connectivity index (χ1) is 10.0. The highest BCUT2D eigenvalue weighted by Gasteiger charge is 2.19. The molecule has 7 heteroatoms. The molecule has 1 atom stereocenters. The number of rotatable bonds is 8. The Kier molecular flexibility index (Phi) is 6.48. The van der Waals surface area contributed by atoms with E-state index in [0.29, 0.717) is 17.1 Å². The zero-order valence-electron chi connectivity index (χ0n) is 12.2. The number of ether oxygens (including phenoxy) is 3. The van der Waals surface area contributed by atoms with Crippen molar-refractivity contribution in [3.8, 4) is 11.5 Å². The molecule has 0 aliphatic heterocycles. The van der Waals surface area contributed by atoms with Crippen molar-refractivity contribution in [2.45, 2.75) is 12.5 Å². The van der Waals surface area contributed by atoms with Crippen molar-refractivity contribution in [3.63, 3.8) is 0 Å². The average Bonchev–Trinajstić information content (AvgIpc) is 2.45. The third-order valence-corrected chi connectivity index (χ3v) is 2.80. The molecular weight excluding hydrogens is 278 g/mol. The predicted octanol–water partition coefficient (Wildman–Crippen LogP) is 0.982. The molecule has 0 fully saturated rings. The van der Waals surface area contributed by atoms with Crippen molar-refractivity contribution < 1.29 is 28.9 Å². The normalized spacial score (nSPS) is 11.6. The summed E-state index contributed by atoms with van der Waals surface area (Å²) in [5, 5.41) is 11.6. The lowest BCUT2D eigenvalue weighted by Crippen LogP contribution is -2.32. The Morgan fingerprint density at radius 1 is 1.19 bits per heavy atom. The number of benzene rings is 1. The van der Waals surface area contributed by atoms with E-state index in [0.717, 1.165) is 0 Å². The second kappa shape index (κ2) is 8.11. The highest BCUT2D eigenvalue weighted by atomic mass is 16.5. The standard InChI is InChI=1S/C14H19NO6/c1-19-8-13(16)15-10(7-14(17)18)9-4-5-11(20-2)12(6-9)21-3/h4-6,10H,7-8H2,1-3H3,(H,15,16)(H,17,18). The van der Waals surface area contributed by atoms with Crippen LogP contribution in [-0.4, -0.2) is 44.9 Å². The van der Waals surface area contributed by atoms with Crippen LogP contribution in [0, 0.1) is 0 Å². The molecule has 21 heavy (non-hydrogen) atoms. The van der Waals surface area contributed by atoms with Gasteiger partial charge in [-0.2, -0.15) is 0 Å². The second-order valence-electron chi connectivity index (χ2n) is 4.27. The molecular formula is C14H19NO6. The van der Waals surface area contributed by atoms with Crippen LogP contribution in [0.5, 0.6) is 11.5 Å². The summed E-state index contributed by atoms with van der Waals surface area (Å²) in [5.41, 5.74) is 0.611. The monoisotopic (exact) mass is 297 g/mol. The van der Waals surface area contributed by atoms with Crippen LogP contribution in [0.15, 0.2) is 18.2 Å². The molecule has 0 bridgehead atoms. The zero-order chi connectivity index (χ0) is 15.8. The van der Waals surface area contributed by atoms with Gasteiger partial charge in [-0.15, -0.1) is 0 Å². The van der Waals surface area contributed by atoms with Crippen LogP contribution in [0.25, 0.3) is 0 Å². The molecule has 0 saturated heterocycles. The third-order valence-electron chi connectivity index (χ3n) is 2.80. The predicted molar refractivity (Wildman–Crippen MR) is 74.6 cm³/mol. The van der Waals surface area contributed by atoms with Gasteiger partial charge < -0.3 is 24.6 Å². The Balaban J connectivity index is 3.01. The van der Waals surface area contributed by atoms with Gasteiger partial charge in [0, 0.05) is 7.11 Å². The molecule has 0 heterocycles. The molecule has 1 amide bonds. The van der Waals surface area contributed by atoms with Crippen molar-refractivity contribution in [1.82, 2.24) is 5.32 Å². The molecule has 116 valence electrons. The number of carboxylic acid groups (broad SMARTS) is 1. The minimum Gasteiger partial charge on any atom is -0.493 e. The van der Waals surface area contributed by atoms with E-state index in [4.69, 9.17) is 19.3 Å². The van der Waals surface area contributed by atoms with E-state index in [-0.39, 0.29) is 13.0 Å². The van der Waals surface area contributed by atoms with E-state index in [1.807, 2.05) is 0 Å². The van der Waals surface area contributed by atoms with Gasteiger partial charge in [-0.1, -0.05) is 6.07 Å². The summed E-state index contributed by atoms with van der Waals surface area (Å²) in [6.07, 6.45) is -0.245. The molecule has 1 aromatic carbocycles. The molecule has 7 nitrogen and oxygen atoms in total. The first-order valence-corrected chi connectivity index (χ1v) is 6.23. The summed E-state index contributed by atoms with van der Waals surface area (Å²) in [7, 11) is 4.38. The van der Waals surface area contributed by atoms with Crippen molar-refractivity contribution in [2.24, 2.45) is 0 Å². The van der Waals surface area contributed by atoms with E-state index in [9.17, 15) is 9.59 Å². The van der Waals surface area contributed by atoms with Crippen LogP contribution in [0.1, 0.15) is 18.0 Å². The number of aliphatic carboxylic acids is 1. The number of carbonyl (C=O) groups is 2. The van der Waals surface area contributed by atoms with Crippen LogP contribution in [0.4, 0.5) is 0 Å². The maximum Gasteiger partial charge on any atom is 0.305 e. The molecule has 0 aliphatic carbocycles. The Morgan fingerprint density at radius 2 is 1.86 bits per heavy atom. The Bertz CT molecular complexity index is 502. The van der Waals surface area contributed by atoms with Gasteiger partial charge in [0.2, 0.25) is 5.91 Å². The minimum absolute atomic E-state index is 0.136. The van der Waals surface area contributed by atoms with E-state index >= 15 is 0 Å². The summed E-state index contributed by atoms with van der Waals surface area (Å²) in [5.74, 6) is -0.420. The molecule has 0 aliphatic rings. The van der Waals surface area contributed by atoms with Gasteiger partial charge in [-0.3, -0.25) is 9.59 Å². The fraction of sp³-hybridized carbons (Fsp3) is 0.429. The lowest BCUT2D eigenvalue weighted by atomic mass is 10.0. The lowest BCUT2D eigenvalue weighted by molar-refractivity contribution is -0.137. The highest BCUT2D eigenvalue weighted by Crippen LogP contribution is 2.30. The number of methoxy groups -OCH3 is 3. The van der Waals surface area contributed by atoms with Gasteiger partial charge in [0.15, 0.2) is 11.5 Å². The SMILES string of the molecule is COCC(=O)NC(CC(=O)O)c1ccc(OC)c(OC)c1. The first-order valence-electron chi connectivity index (χ1n) is 6.23. The molecule has 2 N–H and O–H groups in total. The molecule has 0 saturated carbocycles. The number of hydrogen-bond acceptors (Lipinski definition) is 5. The zero-order valence-corrected chi connectivity index (χ0v) is 12.2. The van der Waals surface area contributed by atoms with Gasteiger partial charge in [0.05, 0.1) is 26.7 Å². The number of nitrogens with one attached hydrogen (secondary N) is 1. The fourth-order valence-corrected chi connectivity index (χ4v) is 1.86. The third kappa shape index (κ3) is 4.96. The second-order valence-corrected chi connectivity index (χ2v) is 4.27. The van der Waals surface area contributed by atoms with Crippen LogP contribution >= 0.6 is 0 Å². The molecule has 0 aromatic heterocycles. The maximum absolute atomic E-state index is 11.6. The van der Waals surface area contributed by atoms with Crippen molar-refractivity contribution >= 4 is 11.9 Å². The fourth-order valence-electron chi connectivity index (χ4n) is 1.86. The van der Waals surface area contributed by atoms with E-state index < -0.39 is 17.9 Å². The number of amides is 1. The summed E-state index contributed by atoms with van der Waals surface area (Å²) >= 11 is 0. The average molecular weight is 297 g/mol. The van der Waals surface area contributed by atoms with Gasteiger partial charge >= 0.3 is 5.97 Å². The van der Waals surface area contributed by atoms with E-state index in [1.165, 1.54) is 21.3 Å². The molecule has 1 unspecified atom stereocenters. The summed E-state index contributed by atoms with van der Waals surface area (Å²) < 4.78 is 15.0. The van der Waals surface area contributed by atoms with Crippen LogP contribution in [-0.2, 0) is 14.3 Å². The Labute approximate surface area is 122 Å². The van der Waals surface area contributed by atoms with Crippen molar-refractivity contribution in [1.29, 1.82) is 0 Å². The number of hydrogen-bond donors (Lipinski definition) is 2. The smallest absolute Gasteiger partial charge is 0.305 e. The van der Waals surface area contributed by atoms with Crippen molar-refractivity contribution in [3.05, 3.63) is 23.8 Å². The maximum atomic E-state index is 11.6. The largest absolute Gasteiger partial charge is 0.493 e. The topological polar surface area (TPSA) is 94.1 Å². The Morgan fingerprint density at radius 3 is 2.38 bits per heavy atom. The number of carbonyl (C=O) groups excluding carboxylic acids is 1. The molecule has 0 spiro atoms. The van der Waals surface area contributed by atoms with Crippen LogP contribution < -0.4 is 14.8 Å².